The number of nitrogens with two attached hydrogens (primary N) is 1. The molecule has 0 aliphatic carbocycles. The van der Waals surface area contributed by atoms with Gasteiger partial charge in [-0.05, 0) is 23.6 Å². The number of rotatable bonds is 5. The van der Waals surface area contributed by atoms with E-state index in [0.717, 1.165) is 4.88 Å². The van der Waals surface area contributed by atoms with E-state index in [0.29, 0.717) is 5.69 Å². The van der Waals surface area contributed by atoms with E-state index in [1.54, 1.807) is 12.1 Å². The van der Waals surface area contributed by atoms with Gasteiger partial charge in [0.25, 0.3) is 0 Å². The van der Waals surface area contributed by atoms with Crippen molar-refractivity contribution in [3.8, 4) is 0 Å². The molecule has 0 saturated carbocycles. The van der Waals surface area contributed by atoms with Gasteiger partial charge in [-0.2, -0.15) is 0 Å². The van der Waals surface area contributed by atoms with E-state index in [9.17, 15) is 9.59 Å². The second kappa shape index (κ2) is 6.15. The molecule has 4 nitrogen and oxygen atoms in total. The number of benzene rings is 1. The molecule has 19 heavy (non-hydrogen) atoms. The number of thiophene rings is 1. The van der Waals surface area contributed by atoms with Crippen molar-refractivity contribution in [1.82, 2.24) is 0 Å². The Kier molecular flexibility index (Phi) is 4.30. The lowest BCUT2D eigenvalue weighted by Gasteiger charge is -2.21. The third-order valence-electron chi connectivity index (χ3n) is 2.59. The van der Waals surface area contributed by atoms with Crippen LogP contribution in [-0.4, -0.2) is 18.4 Å². The van der Waals surface area contributed by atoms with Gasteiger partial charge in [0.05, 0.1) is 6.42 Å². The monoisotopic (exact) mass is 274 g/mol. The van der Waals surface area contributed by atoms with Crippen molar-refractivity contribution in [1.29, 1.82) is 0 Å². The van der Waals surface area contributed by atoms with Gasteiger partial charge in [-0.1, -0.05) is 24.3 Å². The number of carbonyl (C=O) groups is 2. The van der Waals surface area contributed by atoms with Crippen LogP contribution in [0.1, 0.15) is 4.88 Å². The standard InChI is InChI=1S/C14H14N2O2S/c15-13(17)10-16(11-5-2-1-3-6-11)14(18)9-12-7-4-8-19-12/h1-8H,9-10H2,(H2,15,17). The minimum absolute atomic E-state index is 0.103. The van der Waals surface area contributed by atoms with E-state index in [4.69, 9.17) is 5.73 Å². The number of para-hydroxylation sites is 1. The van der Waals surface area contributed by atoms with Crippen molar-refractivity contribution >= 4 is 28.8 Å². The van der Waals surface area contributed by atoms with Crippen molar-refractivity contribution < 1.29 is 9.59 Å². The molecule has 1 aromatic heterocycles. The Morgan fingerprint density at radius 3 is 2.42 bits per heavy atom. The highest BCUT2D eigenvalue weighted by Crippen LogP contribution is 2.16. The summed E-state index contributed by atoms with van der Waals surface area (Å²) in [6.07, 6.45) is 0.278. The van der Waals surface area contributed by atoms with Gasteiger partial charge in [-0.15, -0.1) is 11.3 Å². The highest BCUT2D eigenvalue weighted by molar-refractivity contribution is 7.10. The number of hydrogen-bond donors (Lipinski definition) is 1. The first-order valence-corrected chi connectivity index (χ1v) is 6.71. The molecule has 2 rings (SSSR count). The first kappa shape index (κ1) is 13.3. The summed E-state index contributed by atoms with van der Waals surface area (Å²) in [5.74, 6) is -0.657. The molecular formula is C14H14N2O2S. The van der Waals surface area contributed by atoms with E-state index in [1.807, 2.05) is 35.7 Å². The fraction of sp³-hybridized carbons (Fsp3) is 0.143. The molecule has 2 N–H and O–H groups in total. The predicted octanol–water partition coefficient (Wildman–Crippen LogP) is 1.81. The highest BCUT2D eigenvalue weighted by atomic mass is 32.1. The van der Waals surface area contributed by atoms with Gasteiger partial charge in [0.15, 0.2) is 0 Å². The molecule has 1 aromatic carbocycles. The van der Waals surface area contributed by atoms with E-state index in [-0.39, 0.29) is 18.9 Å². The second-order valence-electron chi connectivity index (χ2n) is 4.04. The first-order valence-electron chi connectivity index (χ1n) is 5.83. The molecule has 2 amide bonds. The van der Waals surface area contributed by atoms with Crippen LogP contribution in [0.4, 0.5) is 5.69 Å². The summed E-state index contributed by atoms with van der Waals surface area (Å²) in [5, 5.41) is 1.92. The van der Waals surface area contributed by atoms with Gasteiger partial charge < -0.3 is 10.6 Å². The van der Waals surface area contributed by atoms with E-state index < -0.39 is 5.91 Å². The van der Waals surface area contributed by atoms with E-state index in [2.05, 4.69) is 0 Å². The van der Waals surface area contributed by atoms with Crippen LogP contribution < -0.4 is 10.6 Å². The zero-order chi connectivity index (χ0) is 13.7. The summed E-state index contributed by atoms with van der Waals surface area (Å²) in [5.41, 5.74) is 5.89. The lowest BCUT2D eigenvalue weighted by Crippen LogP contribution is -2.39. The summed E-state index contributed by atoms with van der Waals surface area (Å²) in [6, 6.07) is 12.9. The van der Waals surface area contributed by atoms with E-state index in [1.165, 1.54) is 16.2 Å². The topological polar surface area (TPSA) is 63.4 Å². The molecule has 0 fully saturated rings. The fourth-order valence-corrected chi connectivity index (χ4v) is 2.44. The van der Waals surface area contributed by atoms with Crippen LogP contribution in [0.25, 0.3) is 0 Å². The summed E-state index contributed by atoms with van der Waals surface area (Å²) >= 11 is 1.52. The first-order chi connectivity index (χ1) is 9.16. The summed E-state index contributed by atoms with van der Waals surface area (Å²) in [6.45, 7) is -0.103. The Bertz CT molecular complexity index is 552. The van der Waals surface area contributed by atoms with Crippen LogP contribution >= 0.6 is 11.3 Å². The lowest BCUT2D eigenvalue weighted by molar-refractivity contribution is -0.122. The molecule has 98 valence electrons. The Hall–Kier alpha value is -2.14. The Balaban J connectivity index is 2.18. The maximum Gasteiger partial charge on any atom is 0.237 e. The average molecular weight is 274 g/mol. The Morgan fingerprint density at radius 1 is 1.11 bits per heavy atom. The molecule has 0 spiro atoms. The van der Waals surface area contributed by atoms with Crippen LogP contribution in [0.5, 0.6) is 0 Å². The second-order valence-corrected chi connectivity index (χ2v) is 5.07. The number of primary amides is 1. The molecule has 5 heteroatoms. The van der Waals surface area contributed by atoms with Crippen molar-refractivity contribution in [2.24, 2.45) is 5.73 Å². The van der Waals surface area contributed by atoms with Gasteiger partial charge in [-0.3, -0.25) is 9.59 Å². The summed E-state index contributed by atoms with van der Waals surface area (Å²) in [4.78, 5) is 25.8. The minimum atomic E-state index is -0.525. The van der Waals surface area contributed by atoms with Gasteiger partial charge in [0, 0.05) is 10.6 Å². The van der Waals surface area contributed by atoms with Crippen LogP contribution in [0.2, 0.25) is 0 Å². The molecule has 0 aliphatic heterocycles. The number of amides is 2. The summed E-state index contributed by atoms with van der Waals surface area (Å²) in [7, 11) is 0. The largest absolute Gasteiger partial charge is 0.368 e. The highest BCUT2D eigenvalue weighted by Gasteiger charge is 2.18. The number of hydrogen-bond acceptors (Lipinski definition) is 3. The SMILES string of the molecule is NC(=O)CN(C(=O)Cc1cccs1)c1ccccc1. The van der Waals surface area contributed by atoms with Crippen molar-refractivity contribution in [2.75, 3.05) is 11.4 Å². The molecule has 0 unspecified atom stereocenters. The Labute approximate surface area is 115 Å². The maximum atomic E-state index is 12.3. The quantitative estimate of drug-likeness (QED) is 0.903. The van der Waals surface area contributed by atoms with Gasteiger partial charge in [0.1, 0.15) is 6.54 Å². The molecule has 0 bridgehead atoms. The van der Waals surface area contributed by atoms with Crippen LogP contribution in [0.3, 0.4) is 0 Å². The molecule has 1 heterocycles. The molecule has 0 radical (unpaired) electrons. The molecule has 0 saturated heterocycles. The zero-order valence-electron chi connectivity index (χ0n) is 10.3. The Morgan fingerprint density at radius 2 is 1.84 bits per heavy atom. The van der Waals surface area contributed by atoms with Crippen LogP contribution in [-0.2, 0) is 16.0 Å². The predicted molar refractivity (Wildman–Crippen MR) is 76.0 cm³/mol. The fourth-order valence-electron chi connectivity index (χ4n) is 1.74. The van der Waals surface area contributed by atoms with Crippen molar-refractivity contribution in [3.05, 3.63) is 52.7 Å². The smallest absolute Gasteiger partial charge is 0.237 e. The molecular weight excluding hydrogens is 260 g/mol. The number of anilines is 1. The van der Waals surface area contributed by atoms with Crippen LogP contribution in [0.15, 0.2) is 47.8 Å². The third kappa shape index (κ3) is 3.66. The van der Waals surface area contributed by atoms with Gasteiger partial charge >= 0.3 is 0 Å². The number of carbonyl (C=O) groups excluding carboxylic acids is 2. The van der Waals surface area contributed by atoms with Gasteiger partial charge in [-0.25, -0.2) is 0 Å². The average Bonchev–Trinajstić information content (AvgIpc) is 2.89. The minimum Gasteiger partial charge on any atom is -0.368 e. The third-order valence-corrected chi connectivity index (χ3v) is 3.46. The lowest BCUT2D eigenvalue weighted by atomic mass is 10.2. The zero-order valence-corrected chi connectivity index (χ0v) is 11.1. The van der Waals surface area contributed by atoms with E-state index >= 15 is 0 Å². The van der Waals surface area contributed by atoms with Crippen molar-refractivity contribution in [2.45, 2.75) is 6.42 Å². The normalized spacial score (nSPS) is 10.1. The molecule has 0 atom stereocenters. The van der Waals surface area contributed by atoms with Crippen LogP contribution in [0, 0.1) is 0 Å². The molecule has 2 aromatic rings. The van der Waals surface area contributed by atoms with Crippen molar-refractivity contribution in [3.63, 3.8) is 0 Å². The van der Waals surface area contributed by atoms with Gasteiger partial charge in [0.2, 0.25) is 11.8 Å². The number of nitrogens with zero attached hydrogens (tertiary/aromatic N) is 1. The molecule has 0 aliphatic rings. The maximum absolute atomic E-state index is 12.3. The summed E-state index contributed by atoms with van der Waals surface area (Å²) < 4.78 is 0.